The minimum atomic E-state index is -0.713. The van der Waals surface area contributed by atoms with Crippen LogP contribution in [0.1, 0.15) is 58.8 Å². The van der Waals surface area contributed by atoms with Crippen LogP contribution in [-0.4, -0.2) is 23.8 Å². The fourth-order valence-electron chi connectivity index (χ4n) is 3.75. The molecule has 0 bridgehead atoms. The fraction of sp³-hybridized carbons (Fsp3) is 0.938. The van der Waals surface area contributed by atoms with Crippen LogP contribution in [0, 0.1) is 23.7 Å². The summed E-state index contributed by atoms with van der Waals surface area (Å²) >= 11 is 0. The van der Waals surface area contributed by atoms with E-state index in [0.29, 0.717) is 12.7 Å². The molecule has 0 aromatic carbocycles. The van der Waals surface area contributed by atoms with Gasteiger partial charge in [-0.1, -0.05) is 46.0 Å². The summed E-state index contributed by atoms with van der Waals surface area (Å²) in [4.78, 5) is 11.0. The molecule has 2 aliphatic rings. The van der Waals surface area contributed by atoms with Gasteiger partial charge in [-0.05, 0) is 30.6 Å². The highest BCUT2D eigenvalue weighted by atomic mass is 16.5. The van der Waals surface area contributed by atoms with Gasteiger partial charge in [0.15, 0.2) is 0 Å². The molecule has 3 heteroatoms. The first-order valence-electron chi connectivity index (χ1n) is 7.94. The normalized spacial score (nSPS) is 31.5. The van der Waals surface area contributed by atoms with Crippen molar-refractivity contribution < 1.29 is 14.6 Å². The number of carboxylic acid groups (broad SMARTS) is 1. The van der Waals surface area contributed by atoms with Gasteiger partial charge in [0.05, 0.1) is 18.6 Å². The molecule has 0 aromatic rings. The molecule has 0 saturated heterocycles. The Kier molecular flexibility index (Phi) is 5.26. The highest BCUT2D eigenvalue weighted by molar-refractivity contribution is 5.69. The summed E-state index contributed by atoms with van der Waals surface area (Å²) in [6, 6.07) is 0. The Hall–Kier alpha value is -0.570. The standard InChI is InChI=1S/C16H28O3/c1-11(12(2)16(17)18)10-19-15-9-5-8-14(15)13-6-3-4-7-13/h11-15H,3-10H2,1-2H3,(H,17,18). The molecule has 4 atom stereocenters. The van der Waals surface area contributed by atoms with E-state index in [1.54, 1.807) is 6.92 Å². The van der Waals surface area contributed by atoms with E-state index in [2.05, 4.69) is 0 Å². The van der Waals surface area contributed by atoms with Crippen molar-refractivity contribution in [2.45, 2.75) is 64.9 Å². The van der Waals surface area contributed by atoms with E-state index in [1.165, 1.54) is 44.9 Å². The van der Waals surface area contributed by atoms with Crippen LogP contribution in [-0.2, 0) is 9.53 Å². The third kappa shape index (κ3) is 3.71. The summed E-state index contributed by atoms with van der Waals surface area (Å²) < 4.78 is 6.10. The van der Waals surface area contributed by atoms with Crippen LogP contribution >= 0.6 is 0 Å². The second-order valence-corrected chi connectivity index (χ2v) is 6.62. The van der Waals surface area contributed by atoms with E-state index in [1.807, 2.05) is 6.92 Å². The van der Waals surface area contributed by atoms with Crippen LogP contribution in [0.2, 0.25) is 0 Å². The first-order valence-corrected chi connectivity index (χ1v) is 7.94. The predicted molar refractivity (Wildman–Crippen MR) is 75.0 cm³/mol. The highest BCUT2D eigenvalue weighted by Crippen LogP contribution is 2.41. The molecular weight excluding hydrogens is 240 g/mol. The number of carbonyl (C=O) groups is 1. The van der Waals surface area contributed by atoms with Gasteiger partial charge in [0.25, 0.3) is 0 Å². The number of rotatable bonds is 6. The van der Waals surface area contributed by atoms with Crippen LogP contribution < -0.4 is 0 Å². The molecule has 3 nitrogen and oxygen atoms in total. The van der Waals surface area contributed by atoms with Crippen LogP contribution in [0.3, 0.4) is 0 Å². The monoisotopic (exact) mass is 268 g/mol. The van der Waals surface area contributed by atoms with Crippen molar-refractivity contribution in [3.05, 3.63) is 0 Å². The van der Waals surface area contributed by atoms with Gasteiger partial charge in [-0.15, -0.1) is 0 Å². The molecule has 0 amide bonds. The Morgan fingerprint density at radius 1 is 1.16 bits per heavy atom. The molecule has 0 heterocycles. The van der Waals surface area contributed by atoms with Gasteiger partial charge in [0.2, 0.25) is 0 Å². The fourth-order valence-corrected chi connectivity index (χ4v) is 3.75. The summed E-state index contributed by atoms with van der Waals surface area (Å²) in [5, 5.41) is 9.01. The van der Waals surface area contributed by atoms with E-state index >= 15 is 0 Å². The summed E-state index contributed by atoms with van der Waals surface area (Å²) in [7, 11) is 0. The predicted octanol–water partition coefficient (Wildman–Crippen LogP) is 3.72. The third-order valence-corrected chi connectivity index (χ3v) is 5.33. The Balaban J connectivity index is 1.79. The molecule has 2 aliphatic carbocycles. The minimum Gasteiger partial charge on any atom is -0.481 e. The van der Waals surface area contributed by atoms with E-state index in [0.717, 1.165) is 11.8 Å². The maximum atomic E-state index is 11.0. The molecule has 19 heavy (non-hydrogen) atoms. The summed E-state index contributed by atoms with van der Waals surface area (Å²) in [5.41, 5.74) is 0. The van der Waals surface area contributed by atoms with Gasteiger partial charge in [-0.3, -0.25) is 4.79 Å². The molecule has 0 spiro atoms. The van der Waals surface area contributed by atoms with Crippen molar-refractivity contribution in [1.29, 1.82) is 0 Å². The largest absolute Gasteiger partial charge is 0.481 e. The van der Waals surface area contributed by atoms with E-state index in [4.69, 9.17) is 9.84 Å². The molecule has 2 saturated carbocycles. The van der Waals surface area contributed by atoms with Crippen molar-refractivity contribution in [1.82, 2.24) is 0 Å². The Bertz CT molecular complexity index is 296. The second-order valence-electron chi connectivity index (χ2n) is 6.62. The number of ether oxygens (including phenoxy) is 1. The zero-order valence-electron chi connectivity index (χ0n) is 12.3. The van der Waals surface area contributed by atoms with Gasteiger partial charge in [0.1, 0.15) is 0 Å². The van der Waals surface area contributed by atoms with Gasteiger partial charge in [0, 0.05) is 0 Å². The van der Waals surface area contributed by atoms with Crippen molar-refractivity contribution >= 4 is 5.97 Å². The quantitative estimate of drug-likeness (QED) is 0.798. The van der Waals surface area contributed by atoms with Gasteiger partial charge in [-0.25, -0.2) is 0 Å². The van der Waals surface area contributed by atoms with Crippen LogP contribution in [0.4, 0.5) is 0 Å². The summed E-state index contributed by atoms with van der Waals surface area (Å²) in [6.07, 6.45) is 9.71. The lowest BCUT2D eigenvalue weighted by Gasteiger charge is -2.27. The topological polar surface area (TPSA) is 46.5 Å². The molecule has 0 radical (unpaired) electrons. The molecule has 1 N–H and O–H groups in total. The Labute approximate surface area is 116 Å². The number of hydrogen-bond acceptors (Lipinski definition) is 2. The lowest BCUT2D eigenvalue weighted by atomic mass is 9.88. The molecule has 2 rings (SSSR count). The summed E-state index contributed by atoms with van der Waals surface area (Å²) in [5.74, 6) is 0.693. The minimum absolute atomic E-state index is 0.0994. The Morgan fingerprint density at radius 3 is 2.47 bits per heavy atom. The molecule has 110 valence electrons. The molecule has 0 aromatic heterocycles. The third-order valence-electron chi connectivity index (χ3n) is 5.33. The SMILES string of the molecule is CC(COC1CCCC1C1CCCC1)C(C)C(=O)O. The van der Waals surface area contributed by atoms with E-state index in [9.17, 15) is 4.79 Å². The Morgan fingerprint density at radius 2 is 1.84 bits per heavy atom. The van der Waals surface area contributed by atoms with E-state index < -0.39 is 5.97 Å². The zero-order chi connectivity index (χ0) is 13.8. The smallest absolute Gasteiger partial charge is 0.306 e. The summed E-state index contributed by atoms with van der Waals surface area (Å²) in [6.45, 7) is 4.36. The van der Waals surface area contributed by atoms with Crippen LogP contribution in [0.25, 0.3) is 0 Å². The van der Waals surface area contributed by atoms with Gasteiger partial charge >= 0.3 is 5.97 Å². The maximum Gasteiger partial charge on any atom is 0.306 e. The molecule has 2 fully saturated rings. The molecular formula is C16H28O3. The maximum absolute atomic E-state index is 11.0. The average Bonchev–Trinajstić information content (AvgIpc) is 3.04. The van der Waals surface area contributed by atoms with Crippen LogP contribution in [0.5, 0.6) is 0 Å². The zero-order valence-corrected chi connectivity index (χ0v) is 12.3. The number of hydrogen-bond donors (Lipinski definition) is 1. The first kappa shape index (κ1) is 14.8. The van der Waals surface area contributed by atoms with Crippen molar-refractivity contribution in [3.8, 4) is 0 Å². The van der Waals surface area contributed by atoms with Crippen LogP contribution in [0.15, 0.2) is 0 Å². The highest BCUT2D eigenvalue weighted by Gasteiger charge is 2.36. The molecule has 4 unspecified atom stereocenters. The lowest BCUT2D eigenvalue weighted by molar-refractivity contribution is -0.144. The van der Waals surface area contributed by atoms with Gasteiger partial charge < -0.3 is 9.84 Å². The van der Waals surface area contributed by atoms with Gasteiger partial charge in [-0.2, -0.15) is 0 Å². The van der Waals surface area contributed by atoms with Crippen molar-refractivity contribution in [2.75, 3.05) is 6.61 Å². The molecule has 0 aliphatic heterocycles. The lowest BCUT2D eigenvalue weighted by Crippen LogP contribution is -2.29. The second kappa shape index (κ2) is 6.74. The van der Waals surface area contributed by atoms with E-state index in [-0.39, 0.29) is 11.8 Å². The van der Waals surface area contributed by atoms with Crippen molar-refractivity contribution in [3.63, 3.8) is 0 Å². The first-order chi connectivity index (χ1) is 9.09. The average molecular weight is 268 g/mol. The van der Waals surface area contributed by atoms with Crippen molar-refractivity contribution in [2.24, 2.45) is 23.7 Å². The number of carboxylic acids is 1. The number of aliphatic carboxylic acids is 1.